The van der Waals surface area contributed by atoms with E-state index in [4.69, 9.17) is 19.9 Å². The van der Waals surface area contributed by atoms with E-state index in [1.165, 1.54) is 22.3 Å². The Morgan fingerprint density at radius 1 is 0.194 bits per heavy atom. The van der Waals surface area contributed by atoms with Crippen LogP contribution in [0.1, 0.15) is 0 Å². The molecule has 0 aliphatic rings. The van der Waals surface area contributed by atoms with Crippen LogP contribution >= 0.6 is 0 Å². The lowest BCUT2D eigenvalue weighted by Crippen LogP contribution is -1.96. The Morgan fingerprint density at radius 3 is 0.887 bits per heavy atom. The summed E-state index contributed by atoms with van der Waals surface area (Å²) in [7, 11) is 0. The second-order valence-electron chi connectivity index (χ2n) is 15.5. The van der Waals surface area contributed by atoms with E-state index in [-0.39, 0.29) is 0 Å². The number of aromatic nitrogens is 4. The summed E-state index contributed by atoms with van der Waals surface area (Å²) in [5, 5.41) is 2.05. The van der Waals surface area contributed by atoms with Crippen LogP contribution in [-0.2, 0) is 0 Å². The molecule has 0 spiro atoms. The lowest BCUT2D eigenvalue weighted by Gasteiger charge is -2.12. The predicted octanol–water partition coefficient (Wildman–Crippen LogP) is 14.9. The zero-order valence-corrected chi connectivity index (χ0v) is 33.7. The van der Waals surface area contributed by atoms with Gasteiger partial charge in [-0.3, -0.25) is 0 Å². The average Bonchev–Trinajstić information content (AvgIpc) is 3.36. The number of rotatable bonds is 8. The van der Waals surface area contributed by atoms with Crippen molar-refractivity contribution in [1.82, 2.24) is 19.9 Å². The number of nitrogens with zero attached hydrogens (tertiary/aromatic N) is 4. The topological polar surface area (TPSA) is 51.6 Å². The van der Waals surface area contributed by atoms with Crippen molar-refractivity contribution in [3.63, 3.8) is 0 Å². The Hall–Kier alpha value is -8.34. The van der Waals surface area contributed by atoms with Gasteiger partial charge in [-0.05, 0) is 74.8 Å². The first-order valence-corrected chi connectivity index (χ1v) is 20.9. The molecular weight excluding hydrogens is 753 g/mol. The van der Waals surface area contributed by atoms with Gasteiger partial charge >= 0.3 is 0 Å². The van der Waals surface area contributed by atoms with Gasteiger partial charge in [-0.2, -0.15) is 0 Å². The quantitative estimate of drug-likeness (QED) is 0.154. The summed E-state index contributed by atoms with van der Waals surface area (Å²) < 4.78 is 0. The highest BCUT2D eigenvalue weighted by molar-refractivity contribution is 5.95. The van der Waals surface area contributed by atoms with Gasteiger partial charge in [0.1, 0.15) is 0 Å². The van der Waals surface area contributed by atoms with Gasteiger partial charge in [0.25, 0.3) is 0 Å². The molecule has 11 rings (SSSR count). The van der Waals surface area contributed by atoms with Crippen LogP contribution in [-0.4, -0.2) is 19.9 Å². The summed E-state index contributed by atoms with van der Waals surface area (Å²) in [5.74, 6) is 1.39. The van der Waals surface area contributed by atoms with Crippen molar-refractivity contribution in [2.45, 2.75) is 0 Å². The van der Waals surface area contributed by atoms with Crippen molar-refractivity contribution >= 4 is 21.8 Å². The van der Waals surface area contributed by atoms with Gasteiger partial charge in [0.05, 0.1) is 22.4 Å². The van der Waals surface area contributed by atoms with E-state index in [1.54, 1.807) is 0 Å². The third-order valence-electron chi connectivity index (χ3n) is 11.5. The Labute approximate surface area is 360 Å². The summed E-state index contributed by atoms with van der Waals surface area (Å²) in [5.41, 5.74) is 16.8. The molecule has 2 aromatic heterocycles. The molecule has 0 bridgehead atoms. The van der Waals surface area contributed by atoms with Gasteiger partial charge < -0.3 is 0 Å². The van der Waals surface area contributed by atoms with Gasteiger partial charge in [-0.1, -0.05) is 200 Å². The smallest absolute Gasteiger partial charge is 0.160 e. The van der Waals surface area contributed by atoms with Crippen molar-refractivity contribution in [1.29, 1.82) is 0 Å². The minimum Gasteiger partial charge on any atom is -0.228 e. The van der Waals surface area contributed by atoms with E-state index in [0.29, 0.717) is 11.6 Å². The molecule has 2 heterocycles. The van der Waals surface area contributed by atoms with Crippen molar-refractivity contribution in [2.75, 3.05) is 0 Å². The number of hydrogen-bond acceptors (Lipinski definition) is 4. The lowest BCUT2D eigenvalue weighted by atomic mass is 9.96. The molecular formula is C58H38N4. The number of fused-ring (bicyclic) bond motifs is 2. The number of para-hydroxylation sites is 2. The minimum absolute atomic E-state index is 0.693. The Bertz CT molecular complexity index is 3150. The number of hydrogen-bond donors (Lipinski definition) is 0. The van der Waals surface area contributed by atoms with Crippen molar-refractivity contribution < 1.29 is 0 Å². The van der Waals surface area contributed by atoms with Crippen molar-refractivity contribution in [3.8, 4) is 89.8 Å². The zero-order valence-electron chi connectivity index (χ0n) is 33.7. The molecule has 0 aliphatic heterocycles. The molecule has 4 heteroatoms. The predicted molar refractivity (Wildman–Crippen MR) is 256 cm³/mol. The second kappa shape index (κ2) is 16.0. The molecule has 0 N–H and O–H groups in total. The molecule has 290 valence electrons. The Kier molecular flexibility index (Phi) is 9.49. The fourth-order valence-electron chi connectivity index (χ4n) is 8.31. The van der Waals surface area contributed by atoms with Gasteiger partial charge in [0, 0.05) is 33.0 Å². The van der Waals surface area contributed by atoms with E-state index in [0.717, 1.165) is 77.7 Å². The van der Waals surface area contributed by atoms with Gasteiger partial charge in [-0.25, -0.2) is 19.9 Å². The van der Waals surface area contributed by atoms with E-state index in [2.05, 4.69) is 206 Å². The average molecular weight is 791 g/mol. The molecule has 0 saturated heterocycles. The summed E-state index contributed by atoms with van der Waals surface area (Å²) in [6.07, 6.45) is 0. The molecule has 11 aromatic rings. The highest BCUT2D eigenvalue weighted by Crippen LogP contribution is 2.35. The maximum atomic E-state index is 5.22. The maximum absolute atomic E-state index is 5.22. The molecule has 0 radical (unpaired) electrons. The second-order valence-corrected chi connectivity index (χ2v) is 15.5. The van der Waals surface area contributed by atoms with Crippen molar-refractivity contribution in [3.05, 3.63) is 231 Å². The third-order valence-corrected chi connectivity index (χ3v) is 11.5. The third kappa shape index (κ3) is 7.20. The highest BCUT2D eigenvalue weighted by atomic mass is 14.9. The van der Waals surface area contributed by atoms with Crippen LogP contribution < -0.4 is 0 Å². The normalized spacial score (nSPS) is 11.2. The molecule has 9 aromatic carbocycles. The van der Waals surface area contributed by atoms with E-state index in [1.807, 2.05) is 24.3 Å². The minimum atomic E-state index is 0.693. The fraction of sp³-hybridized carbons (Fsp3) is 0. The molecule has 0 saturated carbocycles. The van der Waals surface area contributed by atoms with Gasteiger partial charge in [0.15, 0.2) is 11.6 Å². The molecule has 0 fully saturated rings. The van der Waals surface area contributed by atoms with Gasteiger partial charge in [-0.15, -0.1) is 0 Å². The molecule has 4 nitrogen and oxygen atoms in total. The monoisotopic (exact) mass is 790 g/mol. The van der Waals surface area contributed by atoms with Crippen LogP contribution in [0.25, 0.3) is 112 Å². The summed E-state index contributed by atoms with van der Waals surface area (Å²) in [6, 6.07) is 80.5. The molecule has 0 aliphatic carbocycles. The summed E-state index contributed by atoms with van der Waals surface area (Å²) in [6.45, 7) is 0. The van der Waals surface area contributed by atoms with Crippen LogP contribution in [0.15, 0.2) is 231 Å². The van der Waals surface area contributed by atoms with Crippen LogP contribution in [0.5, 0.6) is 0 Å². The molecule has 0 amide bonds. The van der Waals surface area contributed by atoms with Crippen molar-refractivity contribution in [2.24, 2.45) is 0 Å². The summed E-state index contributed by atoms with van der Waals surface area (Å²) in [4.78, 5) is 20.6. The Balaban J connectivity index is 0.917. The molecule has 0 unspecified atom stereocenters. The van der Waals surface area contributed by atoms with Crippen LogP contribution in [0.3, 0.4) is 0 Å². The van der Waals surface area contributed by atoms with E-state index in [9.17, 15) is 0 Å². The molecule has 62 heavy (non-hydrogen) atoms. The summed E-state index contributed by atoms with van der Waals surface area (Å²) >= 11 is 0. The fourth-order valence-corrected chi connectivity index (χ4v) is 8.31. The maximum Gasteiger partial charge on any atom is 0.160 e. The first kappa shape index (κ1) is 36.7. The first-order valence-electron chi connectivity index (χ1n) is 20.9. The lowest BCUT2D eigenvalue weighted by molar-refractivity contribution is 1.23. The SMILES string of the molecule is c1ccc(-c2ccc(-c3nc(-c4cccc(-c5cccc(-c6cccc(-c7nc(-c8ccc(-c9ccccc9)cc8)c8ccccc8n7)c6)c5)c4)nc4ccccc34)cc2)cc1. The van der Waals surface area contributed by atoms with E-state index >= 15 is 0 Å². The Morgan fingerprint density at radius 2 is 0.484 bits per heavy atom. The number of benzene rings is 9. The highest BCUT2D eigenvalue weighted by Gasteiger charge is 2.15. The van der Waals surface area contributed by atoms with Crippen LogP contribution in [0, 0.1) is 0 Å². The first-order chi connectivity index (χ1) is 30.7. The standard InChI is InChI=1S/C58H38N4/c1-3-14-39(15-4-1)41-28-32-43(33-29-41)55-51-24-7-9-26-53(51)59-57(61-55)49-22-12-20-47(37-49)45-18-11-19-46(36-45)48-21-13-23-50(38-48)58-60-54-27-10-8-25-52(54)56(62-58)44-34-30-42(31-35-44)40-16-5-2-6-17-40/h1-38H. The van der Waals surface area contributed by atoms with Gasteiger partial charge in [0.2, 0.25) is 0 Å². The van der Waals surface area contributed by atoms with E-state index < -0.39 is 0 Å². The largest absolute Gasteiger partial charge is 0.228 e. The zero-order chi connectivity index (χ0) is 41.2. The van der Waals surface area contributed by atoms with Crippen LogP contribution in [0.2, 0.25) is 0 Å². The van der Waals surface area contributed by atoms with Crippen LogP contribution in [0.4, 0.5) is 0 Å². The molecule has 0 atom stereocenters.